The normalized spacial score (nSPS) is 23.1. The van der Waals surface area contributed by atoms with Crippen LogP contribution in [0.25, 0.3) is 10.9 Å². The largest absolute Gasteiger partial charge is 0.337 e. The molecular formula is C20H26N4O2. The maximum absolute atomic E-state index is 12.9. The van der Waals surface area contributed by atoms with Crippen LogP contribution in [0, 0.1) is 5.92 Å². The molecule has 1 aromatic heterocycles. The SMILES string of the molecule is CC1CCC(N(C(=O)CCn2nnc3ccccc3c2=O)C2CC2)CC1. The Morgan fingerprint density at radius 2 is 1.77 bits per heavy atom. The molecule has 2 aliphatic rings. The van der Waals surface area contributed by atoms with E-state index < -0.39 is 0 Å². The van der Waals surface area contributed by atoms with Crippen LogP contribution in [0.15, 0.2) is 29.1 Å². The number of carbonyl (C=O) groups excluding carboxylic acids is 1. The van der Waals surface area contributed by atoms with Gasteiger partial charge in [0.1, 0.15) is 5.52 Å². The van der Waals surface area contributed by atoms with Gasteiger partial charge < -0.3 is 4.90 Å². The summed E-state index contributed by atoms with van der Waals surface area (Å²) in [6.45, 7) is 2.59. The van der Waals surface area contributed by atoms with Crippen molar-refractivity contribution < 1.29 is 4.79 Å². The molecule has 1 amide bonds. The Kier molecular flexibility index (Phi) is 4.74. The van der Waals surface area contributed by atoms with Gasteiger partial charge in [0.25, 0.3) is 5.56 Å². The molecule has 6 heteroatoms. The van der Waals surface area contributed by atoms with Gasteiger partial charge in [0.05, 0.1) is 11.9 Å². The van der Waals surface area contributed by atoms with E-state index in [1.54, 1.807) is 12.1 Å². The van der Waals surface area contributed by atoms with Crippen molar-refractivity contribution in [3.05, 3.63) is 34.6 Å². The minimum Gasteiger partial charge on any atom is -0.337 e. The number of hydrogen-bond donors (Lipinski definition) is 0. The number of benzene rings is 1. The zero-order valence-electron chi connectivity index (χ0n) is 15.3. The number of carbonyl (C=O) groups is 1. The topological polar surface area (TPSA) is 68.1 Å². The zero-order chi connectivity index (χ0) is 18.1. The predicted octanol–water partition coefficient (Wildman–Crippen LogP) is 2.75. The summed E-state index contributed by atoms with van der Waals surface area (Å²) in [6, 6.07) is 7.98. The maximum atomic E-state index is 12.9. The Labute approximate surface area is 153 Å². The van der Waals surface area contributed by atoms with E-state index in [4.69, 9.17) is 0 Å². The van der Waals surface area contributed by atoms with E-state index in [-0.39, 0.29) is 11.5 Å². The summed E-state index contributed by atoms with van der Waals surface area (Å²) < 4.78 is 1.33. The highest BCUT2D eigenvalue weighted by molar-refractivity contribution is 5.78. The monoisotopic (exact) mass is 354 g/mol. The van der Waals surface area contributed by atoms with Gasteiger partial charge in [-0.05, 0) is 56.6 Å². The summed E-state index contributed by atoms with van der Waals surface area (Å²) in [7, 11) is 0. The van der Waals surface area contributed by atoms with Crippen molar-refractivity contribution in [1.82, 2.24) is 19.9 Å². The molecule has 0 N–H and O–H groups in total. The molecule has 2 aliphatic carbocycles. The number of fused-ring (bicyclic) bond motifs is 1. The number of amides is 1. The number of aromatic nitrogens is 3. The molecule has 1 aromatic carbocycles. The minimum absolute atomic E-state index is 0.161. The van der Waals surface area contributed by atoms with Gasteiger partial charge in [-0.1, -0.05) is 24.3 Å². The quantitative estimate of drug-likeness (QED) is 0.828. The van der Waals surface area contributed by atoms with E-state index >= 15 is 0 Å². The first-order valence-corrected chi connectivity index (χ1v) is 9.77. The van der Waals surface area contributed by atoms with Crippen molar-refractivity contribution in [2.45, 2.75) is 70.5 Å². The molecule has 1 heterocycles. The summed E-state index contributed by atoms with van der Waals surface area (Å²) in [5.74, 6) is 0.933. The van der Waals surface area contributed by atoms with Crippen LogP contribution in [0.2, 0.25) is 0 Å². The summed E-state index contributed by atoms with van der Waals surface area (Å²) in [6.07, 6.45) is 7.18. The standard InChI is InChI=1S/C20H26N4O2/c1-14-6-8-15(9-7-14)24(16-10-11-16)19(25)12-13-23-20(26)17-4-2-3-5-18(17)21-22-23/h2-5,14-16H,6-13H2,1H3. The van der Waals surface area contributed by atoms with Crippen LogP contribution in [0.5, 0.6) is 0 Å². The Bertz CT molecular complexity index is 850. The van der Waals surface area contributed by atoms with E-state index in [9.17, 15) is 9.59 Å². The molecule has 0 saturated heterocycles. The molecule has 0 aliphatic heterocycles. The van der Waals surface area contributed by atoms with Crippen molar-refractivity contribution in [3.8, 4) is 0 Å². The van der Waals surface area contributed by atoms with Gasteiger partial charge in [0, 0.05) is 18.5 Å². The number of rotatable bonds is 5. The second-order valence-corrected chi connectivity index (χ2v) is 7.83. The minimum atomic E-state index is -0.173. The second kappa shape index (κ2) is 7.17. The van der Waals surface area contributed by atoms with Crippen LogP contribution < -0.4 is 5.56 Å². The molecule has 26 heavy (non-hydrogen) atoms. The molecule has 138 valence electrons. The Morgan fingerprint density at radius 3 is 2.46 bits per heavy atom. The number of aryl methyl sites for hydroxylation is 1. The summed E-state index contributed by atoms with van der Waals surface area (Å²) in [5, 5.41) is 8.65. The highest BCUT2D eigenvalue weighted by Gasteiger charge is 2.38. The Morgan fingerprint density at radius 1 is 1.12 bits per heavy atom. The molecule has 0 spiro atoms. The molecule has 2 fully saturated rings. The lowest BCUT2D eigenvalue weighted by molar-refractivity contribution is -0.135. The average molecular weight is 354 g/mol. The molecular weight excluding hydrogens is 328 g/mol. The molecule has 6 nitrogen and oxygen atoms in total. The lowest BCUT2D eigenvalue weighted by atomic mass is 9.86. The van der Waals surface area contributed by atoms with Crippen LogP contribution in [0.1, 0.15) is 51.9 Å². The molecule has 0 bridgehead atoms. The van der Waals surface area contributed by atoms with Gasteiger partial charge in [0.15, 0.2) is 0 Å². The van der Waals surface area contributed by atoms with Crippen molar-refractivity contribution >= 4 is 16.8 Å². The molecule has 0 radical (unpaired) electrons. The van der Waals surface area contributed by atoms with Gasteiger partial charge in [-0.2, -0.15) is 0 Å². The molecule has 0 atom stereocenters. The van der Waals surface area contributed by atoms with Crippen LogP contribution in [-0.4, -0.2) is 37.9 Å². The highest BCUT2D eigenvalue weighted by atomic mass is 16.2. The van der Waals surface area contributed by atoms with Gasteiger partial charge >= 0.3 is 0 Å². The van der Waals surface area contributed by atoms with Gasteiger partial charge in [-0.15, -0.1) is 5.10 Å². The van der Waals surface area contributed by atoms with E-state index in [0.29, 0.717) is 36.0 Å². The van der Waals surface area contributed by atoms with E-state index in [1.165, 1.54) is 17.5 Å². The molecule has 0 unspecified atom stereocenters. The number of hydrogen-bond acceptors (Lipinski definition) is 4. The van der Waals surface area contributed by atoms with Crippen LogP contribution in [0.4, 0.5) is 0 Å². The van der Waals surface area contributed by atoms with Gasteiger partial charge in [0.2, 0.25) is 5.91 Å². The average Bonchev–Trinajstić information content (AvgIpc) is 3.48. The highest BCUT2D eigenvalue weighted by Crippen LogP contribution is 2.35. The molecule has 2 saturated carbocycles. The fourth-order valence-corrected chi connectivity index (χ4v) is 4.08. The van der Waals surface area contributed by atoms with Crippen LogP contribution >= 0.6 is 0 Å². The van der Waals surface area contributed by atoms with E-state index in [1.807, 2.05) is 12.1 Å². The van der Waals surface area contributed by atoms with E-state index in [0.717, 1.165) is 31.6 Å². The Hall–Kier alpha value is -2.24. The second-order valence-electron chi connectivity index (χ2n) is 7.83. The van der Waals surface area contributed by atoms with Gasteiger partial charge in [-0.3, -0.25) is 9.59 Å². The third-order valence-corrected chi connectivity index (χ3v) is 5.77. The predicted molar refractivity (Wildman–Crippen MR) is 99.7 cm³/mol. The first-order chi connectivity index (χ1) is 12.6. The Balaban J connectivity index is 1.45. The number of nitrogens with zero attached hydrogens (tertiary/aromatic N) is 4. The fraction of sp³-hybridized carbons (Fsp3) is 0.600. The van der Waals surface area contributed by atoms with Crippen molar-refractivity contribution in [2.24, 2.45) is 5.92 Å². The fourth-order valence-electron chi connectivity index (χ4n) is 4.08. The lowest BCUT2D eigenvalue weighted by Crippen LogP contribution is -2.44. The summed E-state index contributed by atoms with van der Waals surface area (Å²) >= 11 is 0. The lowest BCUT2D eigenvalue weighted by Gasteiger charge is -2.36. The summed E-state index contributed by atoms with van der Waals surface area (Å²) in [5.41, 5.74) is 0.420. The van der Waals surface area contributed by atoms with Crippen LogP contribution in [0.3, 0.4) is 0 Å². The molecule has 4 rings (SSSR count). The third kappa shape index (κ3) is 3.50. The van der Waals surface area contributed by atoms with Crippen molar-refractivity contribution in [1.29, 1.82) is 0 Å². The summed E-state index contributed by atoms with van der Waals surface area (Å²) in [4.78, 5) is 27.6. The third-order valence-electron chi connectivity index (χ3n) is 5.77. The van der Waals surface area contributed by atoms with Crippen LogP contribution in [-0.2, 0) is 11.3 Å². The van der Waals surface area contributed by atoms with Gasteiger partial charge in [-0.25, -0.2) is 4.68 Å². The first kappa shape index (κ1) is 17.2. The first-order valence-electron chi connectivity index (χ1n) is 9.77. The zero-order valence-corrected chi connectivity index (χ0v) is 15.3. The molecule has 2 aromatic rings. The van der Waals surface area contributed by atoms with Crippen molar-refractivity contribution in [2.75, 3.05) is 0 Å². The maximum Gasteiger partial charge on any atom is 0.277 e. The van der Waals surface area contributed by atoms with Crippen molar-refractivity contribution in [3.63, 3.8) is 0 Å². The smallest absolute Gasteiger partial charge is 0.277 e. The van der Waals surface area contributed by atoms with E-state index in [2.05, 4.69) is 22.1 Å².